The lowest BCUT2D eigenvalue weighted by molar-refractivity contribution is -0.140. The summed E-state index contributed by atoms with van der Waals surface area (Å²) in [4.78, 5) is 27.5. The van der Waals surface area contributed by atoms with E-state index in [1.54, 1.807) is 19.1 Å². The van der Waals surface area contributed by atoms with Crippen molar-refractivity contribution < 1.29 is 22.4 Å². The summed E-state index contributed by atoms with van der Waals surface area (Å²) in [5.41, 5.74) is 0.288. The molecule has 2 aromatic rings. The highest BCUT2D eigenvalue weighted by Crippen LogP contribution is 2.22. The molecule has 1 N–H and O–H groups in total. The number of amides is 2. The van der Waals surface area contributed by atoms with Crippen molar-refractivity contribution >= 4 is 39.1 Å². The fraction of sp³-hybridized carbons (Fsp3) is 0.391. The SMILES string of the molecule is C[C@@H](C(=O)NC(C)(C)C)N(Cc1ccc(F)cc1)C(=O)CN(c1cccc(Cl)c1)S(C)(=O)=O. The zero-order chi connectivity index (χ0) is 25.0. The molecule has 0 aliphatic heterocycles. The Balaban J connectivity index is 2.39. The summed E-state index contributed by atoms with van der Waals surface area (Å²) < 4.78 is 39.2. The second kappa shape index (κ2) is 10.5. The highest BCUT2D eigenvalue weighted by molar-refractivity contribution is 7.92. The Kier molecular flexibility index (Phi) is 8.48. The van der Waals surface area contributed by atoms with Crippen LogP contribution in [-0.4, -0.2) is 49.5 Å². The minimum atomic E-state index is -3.84. The van der Waals surface area contributed by atoms with Crippen molar-refractivity contribution in [2.24, 2.45) is 0 Å². The van der Waals surface area contributed by atoms with Gasteiger partial charge in [-0.15, -0.1) is 0 Å². The molecule has 2 rings (SSSR count). The Hall–Kier alpha value is -2.65. The van der Waals surface area contributed by atoms with E-state index < -0.39 is 45.8 Å². The van der Waals surface area contributed by atoms with Crippen LogP contribution in [0, 0.1) is 5.82 Å². The minimum absolute atomic E-state index is 0.00894. The lowest BCUT2D eigenvalue weighted by Gasteiger charge is -2.33. The largest absolute Gasteiger partial charge is 0.350 e. The highest BCUT2D eigenvalue weighted by atomic mass is 35.5. The van der Waals surface area contributed by atoms with Gasteiger partial charge in [-0.1, -0.05) is 29.8 Å². The van der Waals surface area contributed by atoms with Gasteiger partial charge in [-0.2, -0.15) is 0 Å². The summed E-state index contributed by atoms with van der Waals surface area (Å²) >= 11 is 6.01. The van der Waals surface area contributed by atoms with Crippen molar-refractivity contribution in [1.29, 1.82) is 0 Å². The van der Waals surface area contributed by atoms with Crippen molar-refractivity contribution in [3.05, 3.63) is 64.9 Å². The molecule has 0 saturated heterocycles. The first-order chi connectivity index (χ1) is 15.2. The number of carbonyl (C=O) groups excluding carboxylic acids is 2. The Labute approximate surface area is 199 Å². The lowest BCUT2D eigenvalue weighted by Crippen LogP contribution is -2.54. The number of rotatable bonds is 8. The summed E-state index contributed by atoms with van der Waals surface area (Å²) in [5.74, 6) is -1.42. The Morgan fingerprint density at radius 3 is 2.24 bits per heavy atom. The van der Waals surface area contributed by atoms with Gasteiger partial charge in [0.2, 0.25) is 21.8 Å². The number of halogens is 2. The second-order valence-corrected chi connectivity index (χ2v) is 11.2. The molecule has 2 amide bonds. The zero-order valence-corrected chi connectivity index (χ0v) is 20.9. The minimum Gasteiger partial charge on any atom is -0.350 e. The maximum Gasteiger partial charge on any atom is 0.244 e. The van der Waals surface area contributed by atoms with E-state index >= 15 is 0 Å². The summed E-state index contributed by atoms with van der Waals surface area (Å²) in [5, 5.41) is 3.14. The number of sulfonamides is 1. The Morgan fingerprint density at radius 2 is 1.73 bits per heavy atom. The molecule has 0 aliphatic rings. The number of carbonyl (C=O) groups is 2. The summed E-state index contributed by atoms with van der Waals surface area (Å²) in [6.07, 6.45) is 0.987. The highest BCUT2D eigenvalue weighted by Gasteiger charge is 2.31. The van der Waals surface area contributed by atoms with Crippen LogP contribution in [0.25, 0.3) is 0 Å². The van der Waals surface area contributed by atoms with Crippen LogP contribution in [-0.2, 0) is 26.2 Å². The van der Waals surface area contributed by atoms with Gasteiger partial charge in [-0.3, -0.25) is 13.9 Å². The van der Waals surface area contributed by atoms with Crippen molar-refractivity contribution in [3.63, 3.8) is 0 Å². The van der Waals surface area contributed by atoms with Crippen LogP contribution >= 0.6 is 11.6 Å². The van der Waals surface area contributed by atoms with E-state index in [9.17, 15) is 22.4 Å². The van der Waals surface area contributed by atoms with E-state index in [1.165, 1.54) is 41.3 Å². The predicted octanol–water partition coefficient (Wildman–Crippen LogP) is 3.58. The fourth-order valence-electron chi connectivity index (χ4n) is 3.09. The van der Waals surface area contributed by atoms with Gasteiger partial charge in [0.25, 0.3) is 0 Å². The van der Waals surface area contributed by atoms with Crippen LogP contribution in [0.15, 0.2) is 48.5 Å². The second-order valence-electron chi connectivity index (χ2n) is 8.81. The van der Waals surface area contributed by atoms with Crippen LogP contribution in [0.2, 0.25) is 5.02 Å². The van der Waals surface area contributed by atoms with Gasteiger partial charge in [-0.05, 0) is 63.6 Å². The van der Waals surface area contributed by atoms with Crippen molar-refractivity contribution in [1.82, 2.24) is 10.2 Å². The van der Waals surface area contributed by atoms with Crippen LogP contribution in [0.3, 0.4) is 0 Å². The molecule has 10 heteroatoms. The van der Waals surface area contributed by atoms with Crippen LogP contribution < -0.4 is 9.62 Å². The molecular formula is C23H29ClFN3O4S. The van der Waals surface area contributed by atoms with Crippen molar-refractivity contribution in [2.75, 3.05) is 17.1 Å². The van der Waals surface area contributed by atoms with Gasteiger partial charge >= 0.3 is 0 Å². The number of hydrogen-bond donors (Lipinski definition) is 1. The van der Waals surface area contributed by atoms with Gasteiger partial charge in [0.05, 0.1) is 11.9 Å². The monoisotopic (exact) mass is 497 g/mol. The molecule has 0 aromatic heterocycles. The number of benzene rings is 2. The summed E-state index contributed by atoms with van der Waals surface area (Å²) in [6, 6.07) is 10.8. The van der Waals surface area contributed by atoms with Crippen LogP contribution in [0.1, 0.15) is 33.3 Å². The molecule has 0 heterocycles. The van der Waals surface area contributed by atoms with E-state index in [2.05, 4.69) is 5.32 Å². The first kappa shape index (κ1) is 26.6. The van der Waals surface area contributed by atoms with E-state index in [0.29, 0.717) is 10.6 Å². The smallest absolute Gasteiger partial charge is 0.244 e. The molecule has 1 atom stereocenters. The number of nitrogens with one attached hydrogen (secondary N) is 1. The molecule has 0 unspecified atom stereocenters. The quantitative estimate of drug-likeness (QED) is 0.604. The molecule has 0 bridgehead atoms. The molecule has 0 fully saturated rings. The topological polar surface area (TPSA) is 86.8 Å². The average molecular weight is 498 g/mol. The van der Waals surface area contributed by atoms with Gasteiger partial charge in [0.15, 0.2) is 0 Å². The van der Waals surface area contributed by atoms with Gasteiger partial charge < -0.3 is 10.2 Å². The first-order valence-electron chi connectivity index (χ1n) is 10.3. The van der Waals surface area contributed by atoms with Gasteiger partial charge in [0.1, 0.15) is 18.4 Å². The van der Waals surface area contributed by atoms with E-state index in [4.69, 9.17) is 11.6 Å². The average Bonchev–Trinajstić information content (AvgIpc) is 2.68. The molecule has 0 radical (unpaired) electrons. The predicted molar refractivity (Wildman–Crippen MR) is 128 cm³/mol. The molecule has 7 nitrogen and oxygen atoms in total. The molecular weight excluding hydrogens is 469 g/mol. The van der Waals surface area contributed by atoms with E-state index in [0.717, 1.165) is 10.6 Å². The van der Waals surface area contributed by atoms with Crippen molar-refractivity contribution in [3.8, 4) is 0 Å². The molecule has 180 valence electrons. The number of anilines is 1. The maximum atomic E-state index is 13.4. The Morgan fingerprint density at radius 1 is 1.12 bits per heavy atom. The van der Waals surface area contributed by atoms with Gasteiger partial charge in [-0.25, -0.2) is 12.8 Å². The first-order valence-corrected chi connectivity index (χ1v) is 12.5. The number of hydrogen-bond acceptors (Lipinski definition) is 4. The standard InChI is InChI=1S/C23H29ClFN3O4S/c1-16(22(30)26-23(2,3)4)27(14-17-9-11-19(25)12-10-17)21(29)15-28(33(5,31)32)20-8-6-7-18(24)13-20/h6-13,16H,14-15H2,1-5H3,(H,26,30)/t16-/m0/s1. The van der Waals surface area contributed by atoms with Crippen LogP contribution in [0.5, 0.6) is 0 Å². The summed E-state index contributed by atoms with van der Waals surface area (Å²) in [6.45, 7) is 6.46. The third kappa shape index (κ3) is 8.01. The molecule has 0 saturated carbocycles. The molecule has 2 aromatic carbocycles. The molecule has 0 aliphatic carbocycles. The molecule has 0 spiro atoms. The number of nitrogens with zero attached hydrogens (tertiary/aromatic N) is 2. The third-order valence-corrected chi connectivity index (χ3v) is 6.08. The Bertz CT molecular complexity index is 1100. The van der Waals surface area contributed by atoms with Crippen molar-refractivity contribution in [2.45, 2.75) is 45.8 Å². The normalized spacial score (nSPS) is 12.7. The van der Waals surface area contributed by atoms with E-state index in [1.807, 2.05) is 20.8 Å². The summed E-state index contributed by atoms with van der Waals surface area (Å²) in [7, 11) is -3.84. The van der Waals surface area contributed by atoms with Gasteiger partial charge in [0, 0.05) is 17.1 Å². The lowest BCUT2D eigenvalue weighted by atomic mass is 10.1. The zero-order valence-electron chi connectivity index (χ0n) is 19.3. The third-order valence-electron chi connectivity index (χ3n) is 4.71. The van der Waals surface area contributed by atoms with Crippen LogP contribution in [0.4, 0.5) is 10.1 Å². The van der Waals surface area contributed by atoms with E-state index in [-0.39, 0.29) is 12.2 Å². The maximum absolute atomic E-state index is 13.4. The molecule has 33 heavy (non-hydrogen) atoms. The fourth-order valence-corrected chi connectivity index (χ4v) is 4.11.